The number of benzene rings is 1. The minimum absolute atomic E-state index is 0.119. The molecule has 0 bridgehead atoms. The lowest BCUT2D eigenvalue weighted by Gasteiger charge is -2.20. The fourth-order valence-electron chi connectivity index (χ4n) is 2.52. The first kappa shape index (κ1) is 21.6. The molecule has 1 aromatic heterocycles. The molecule has 0 aliphatic carbocycles. The van der Waals surface area contributed by atoms with E-state index in [-0.39, 0.29) is 25.1 Å². The predicted octanol–water partition coefficient (Wildman–Crippen LogP) is 2.46. The molecule has 0 atom stereocenters. The second-order valence-corrected chi connectivity index (χ2v) is 8.23. The first-order valence-electron chi connectivity index (χ1n) is 8.99. The molecule has 0 saturated carbocycles. The van der Waals surface area contributed by atoms with Gasteiger partial charge in [-0.15, -0.1) is 10.2 Å². The number of rotatable bonds is 8. The van der Waals surface area contributed by atoms with E-state index in [4.69, 9.17) is 4.74 Å². The SMILES string of the molecule is CCOC(=O)C1=C(CSc2nnc(Nc3cccc(NC(C)=O)c3)s2)NC(=O)NC1. The molecule has 0 saturated heterocycles. The van der Waals surface area contributed by atoms with Gasteiger partial charge in [-0.25, -0.2) is 9.59 Å². The Morgan fingerprint density at radius 3 is 2.87 bits per heavy atom. The van der Waals surface area contributed by atoms with Crippen molar-refractivity contribution in [3.63, 3.8) is 0 Å². The summed E-state index contributed by atoms with van der Waals surface area (Å²) >= 11 is 2.68. The summed E-state index contributed by atoms with van der Waals surface area (Å²) in [5, 5.41) is 19.9. The largest absolute Gasteiger partial charge is 0.463 e. The average molecular weight is 449 g/mol. The number of carbonyl (C=O) groups is 3. The van der Waals surface area contributed by atoms with Gasteiger partial charge in [0.2, 0.25) is 11.0 Å². The van der Waals surface area contributed by atoms with Crippen molar-refractivity contribution in [3.05, 3.63) is 35.5 Å². The van der Waals surface area contributed by atoms with E-state index in [9.17, 15) is 14.4 Å². The van der Waals surface area contributed by atoms with E-state index in [0.717, 1.165) is 5.69 Å². The zero-order chi connectivity index (χ0) is 21.5. The Bertz CT molecular complexity index is 991. The van der Waals surface area contributed by atoms with E-state index in [1.54, 1.807) is 19.1 Å². The summed E-state index contributed by atoms with van der Waals surface area (Å²) in [6.45, 7) is 3.55. The van der Waals surface area contributed by atoms with E-state index in [0.29, 0.717) is 32.2 Å². The van der Waals surface area contributed by atoms with E-state index in [2.05, 4.69) is 31.5 Å². The van der Waals surface area contributed by atoms with Crippen molar-refractivity contribution in [2.24, 2.45) is 0 Å². The van der Waals surface area contributed by atoms with Gasteiger partial charge in [0.25, 0.3) is 0 Å². The third-order valence-corrected chi connectivity index (χ3v) is 5.76. The van der Waals surface area contributed by atoms with E-state index in [1.807, 2.05) is 12.1 Å². The molecule has 4 N–H and O–H groups in total. The monoisotopic (exact) mass is 448 g/mol. The molecule has 0 spiro atoms. The van der Waals surface area contributed by atoms with Crippen molar-refractivity contribution >= 4 is 57.5 Å². The molecule has 0 unspecified atom stereocenters. The summed E-state index contributed by atoms with van der Waals surface area (Å²) in [7, 11) is 0. The van der Waals surface area contributed by atoms with Gasteiger partial charge < -0.3 is 26.0 Å². The van der Waals surface area contributed by atoms with Crippen LogP contribution in [0.3, 0.4) is 0 Å². The first-order valence-corrected chi connectivity index (χ1v) is 10.8. The van der Waals surface area contributed by atoms with Crippen LogP contribution in [0.4, 0.5) is 21.3 Å². The normalized spacial score (nSPS) is 13.3. The Labute approximate surface area is 180 Å². The van der Waals surface area contributed by atoms with Crippen LogP contribution in [0, 0.1) is 0 Å². The maximum Gasteiger partial charge on any atom is 0.337 e. The summed E-state index contributed by atoms with van der Waals surface area (Å²) in [6.07, 6.45) is 0. The summed E-state index contributed by atoms with van der Waals surface area (Å²) in [5.41, 5.74) is 2.31. The molecule has 158 valence electrons. The highest BCUT2D eigenvalue weighted by Gasteiger charge is 2.24. The van der Waals surface area contributed by atoms with Gasteiger partial charge >= 0.3 is 12.0 Å². The van der Waals surface area contributed by atoms with Gasteiger partial charge in [0.05, 0.1) is 18.7 Å². The molecule has 1 aliphatic heterocycles. The van der Waals surface area contributed by atoms with Gasteiger partial charge in [-0.2, -0.15) is 0 Å². The molecule has 0 radical (unpaired) electrons. The van der Waals surface area contributed by atoms with Crippen molar-refractivity contribution < 1.29 is 19.1 Å². The third-order valence-electron chi connectivity index (χ3n) is 3.76. The zero-order valence-corrected chi connectivity index (χ0v) is 17.9. The Kier molecular flexibility index (Phi) is 7.25. The van der Waals surface area contributed by atoms with Crippen molar-refractivity contribution in [2.75, 3.05) is 29.5 Å². The highest BCUT2D eigenvalue weighted by atomic mass is 32.2. The molecule has 30 heavy (non-hydrogen) atoms. The number of urea groups is 1. The average Bonchev–Trinajstić information content (AvgIpc) is 3.13. The second-order valence-electron chi connectivity index (χ2n) is 6.03. The lowest BCUT2D eigenvalue weighted by Crippen LogP contribution is -2.44. The summed E-state index contributed by atoms with van der Waals surface area (Å²) in [5.74, 6) is -0.267. The van der Waals surface area contributed by atoms with Gasteiger partial charge in [0, 0.05) is 29.7 Å². The molecule has 3 rings (SSSR count). The number of nitrogens with one attached hydrogen (secondary N) is 4. The Hall–Kier alpha value is -3.12. The molecule has 0 fully saturated rings. The molecule has 10 nitrogen and oxygen atoms in total. The van der Waals surface area contributed by atoms with Gasteiger partial charge in [-0.3, -0.25) is 4.79 Å². The molecule has 3 amide bonds. The predicted molar refractivity (Wildman–Crippen MR) is 115 cm³/mol. The van der Waals surface area contributed by atoms with Crippen LogP contribution in [0.25, 0.3) is 0 Å². The van der Waals surface area contributed by atoms with Crippen molar-refractivity contribution in [2.45, 2.75) is 18.2 Å². The van der Waals surface area contributed by atoms with Crippen LogP contribution in [0.15, 0.2) is 39.9 Å². The molecule has 1 aromatic carbocycles. The summed E-state index contributed by atoms with van der Waals surface area (Å²) in [6, 6.07) is 6.87. The number of esters is 1. The smallest absolute Gasteiger partial charge is 0.337 e. The highest BCUT2D eigenvalue weighted by molar-refractivity contribution is 8.01. The number of hydrogen-bond donors (Lipinski definition) is 4. The maximum absolute atomic E-state index is 12.1. The van der Waals surface area contributed by atoms with Crippen molar-refractivity contribution in [1.29, 1.82) is 0 Å². The summed E-state index contributed by atoms with van der Waals surface area (Å²) < 4.78 is 5.71. The number of anilines is 3. The molecule has 1 aliphatic rings. The van der Waals surface area contributed by atoms with Crippen LogP contribution in [0.2, 0.25) is 0 Å². The van der Waals surface area contributed by atoms with Gasteiger partial charge in [-0.05, 0) is 25.1 Å². The summed E-state index contributed by atoms with van der Waals surface area (Å²) in [4.78, 5) is 34.9. The molecular weight excluding hydrogens is 428 g/mol. The van der Waals surface area contributed by atoms with Gasteiger partial charge in [-0.1, -0.05) is 29.2 Å². The van der Waals surface area contributed by atoms with E-state index < -0.39 is 5.97 Å². The molecular formula is C18H20N6O4S2. The van der Waals surface area contributed by atoms with E-state index in [1.165, 1.54) is 30.0 Å². The third kappa shape index (κ3) is 5.94. The number of nitrogens with zero attached hydrogens (tertiary/aromatic N) is 2. The van der Waals surface area contributed by atoms with Crippen LogP contribution in [0.5, 0.6) is 0 Å². The van der Waals surface area contributed by atoms with Gasteiger partial charge in [0.15, 0.2) is 4.34 Å². The fraction of sp³-hybridized carbons (Fsp3) is 0.278. The number of thioether (sulfide) groups is 1. The molecule has 12 heteroatoms. The number of amides is 3. The Morgan fingerprint density at radius 2 is 2.10 bits per heavy atom. The van der Waals surface area contributed by atoms with Crippen molar-refractivity contribution in [1.82, 2.24) is 20.8 Å². The topological polar surface area (TPSA) is 134 Å². The van der Waals surface area contributed by atoms with Gasteiger partial charge in [0.1, 0.15) is 0 Å². The lowest BCUT2D eigenvalue weighted by molar-refractivity contribution is -0.138. The fourth-order valence-corrected chi connectivity index (χ4v) is 4.28. The van der Waals surface area contributed by atoms with Crippen LogP contribution in [0.1, 0.15) is 13.8 Å². The zero-order valence-electron chi connectivity index (χ0n) is 16.3. The number of hydrogen-bond acceptors (Lipinski definition) is 9. The minimum Gasteiger partial charge on any atom is -0.463 e. The number of carbonyl (C=O) groups excluding carboxylic acids is 3. The minimum atomic E-state index is -0.459. The first-order chi connectivity index (χ1) is 14.4. The van der Waals surface area contributed by atoms with Crippen LogP contribution < -0.4 is 21.3 Å². The standard InChI is InChI=1S/C18H20N6O4S2/c1-3-28-15(26)13-8-19-16(27)22-14(13)9-29-18-24-23-17(30-18)21-12-6-4-5-11(7-12)20-10(2)25/h4-7H,3,8-9H2,1-2H3,(H,20,25)(H,21,23)(H2,19,22,27). The molecule has 2 heterocycles. The number of ether oxygens (including phenoxy) is 1. The van der Waals surface area contributed by atoms with Crippen LogP contribution in [-0.4, -0.2) is 47.0 Å². The molecule has 2 aromatic rings. The Balaban J connectivity index is 1.64. The number of aromatic nitrogens is 2. The Morgan fingerprint density at radius 1 is 1.30 bits per heavy atom. The van der Waals surface area contributed by atoms with Crippen LogP contribution in [-0.2, 0) is 14.3 Å². The van der Waals surface area contributed by atoms with Crippen LogP contribution >= 0.6 is 23.1 Å². The lowest BCUT2D eigenvalue weighted by atomic mass is 10.2. The quantitative estimate of drug-likeness (QED) is 0.357. The van der Waals surface area contributed by atoms with E-state index >= 15 is 0 Å². The second kappa shape index (κ2) is 10.1. The maximum atomic E-state index is 12.1. The highest BCUT2D eigenvalue weighted by Crippen LogP contribution is 2.30. The van der Waals surface area contributed by atoms with Crippen molar-refractivity contribution in [3.8, 4) is 0 Å².